The van der Waals surface area contributed by atoms with Crippen LogP contribution in [0.3, 0.4) is 0 Å². The quantitative estimate of drug-likeness (QED) is 0.337. The summed E-state index contributed by atoms with van der Waals surface area (Å²) in [6, 6.07) is 3.35. The molecule has 2 aromatic rings. The molecule has 1 unspecified atom stereocenters. The van der Waals surface area contributed by atoms with Crippen molar-refractivity contribution in [1.29, 1.82) is 0 Å². The molecule has 2 bridgehead atoms. The number of nitrogens with zero attached hydrogens (tertiary/aromatic N) is 6. The van der Waals surface area contributed by atoms with E-state index in [1.165, 1.54) is 24.5 Å². The number of halogens is 1. The first-order chi connectivity index (χ1) is 23.2. The number of benzene rings is 1. The van der Waals surface area contributed by atoms with Crippen molar-refractivity contribution in [2.75, 3.05) is 31.1 Å². The van der Waals surface area contributed by atoms with Crippen LogP contribution in [0.2, 0.25) is 0 Å². The first-order valence-electron chi connectivity index (χ1n) is 17.8. The summed E-state index contributed by atoms with van der Waals surface area (Å²) < 4.78 is 26.6. The average Bonchev–Trinajstić information content (AvgIpc) is 3.66. The van der Waals surface area contributed by atoms with Crippen molar-refractivity contribution in [1.82, 2.24) is 24.7 Å². The zero-order chi connectivity index (χ0) is 35.2. The molecule has 4 saturated heterocycles. The van der Waals surface area contributed by atoms with Crippen LogP contribution >= 0.6 is 0 Å². The molecule has 1 saturated carbocycles. The van der Waals surface area contributed by atoms with E-state index in [9.17, 15) is 18.8 Å². The molecule has 2 atom stereocenters. The lowest BCUT2D eigenvalue weighted by Gasteiger charge is -2.51. The van der Waals surface area contributed by atoms with Gasteiger partial charge in [-0.3, -0.25) is 14.5 Å². The smallest absolute Gasteiger partial charge is 0.411 e. The summed E-state index contributed by atoms with van der Waals surface area (Å²) in [5, 5.41) is 0. The number of ether oxygens (including phenoxy) is 2. The Morgan fingerprint density at radius 1 is 0.980 bits per heavy atom. The van der Waals surface area contributed by atoms with E-state index >= 15 is 0 Å². The maximum Gasteiger partial charge on any atom is 0.411 e. The van der Waals surface area contributed by atoms with E-state index in [1.54, 1.807) is 16.0 Å². The van der Waals surface area contributed by atoms with Gasteiger partial charge in [-0.25, -0.2) is 19.2 Å². The van der Waals surface area contributed by atoms with Crippen LogP contribution in [0.25, 0.3) is 0 Å². The third-order valence-corrected chi connectivity index (χ3v) is 10.6. The van der Waals surface area contributed by atoms with Gasteiger partial charge in [-0.2, -0.15) is 0 Å². The molecule has 1 aromatic carbocycles. The molecule has 0 N–H and O–H groups in total. The Morgan fingerprint density at radius 3 is 2.35 bits per heavy atom. The number of anilines is 1. The highest BCUT2D eigenvalue weighted by Gasteiger charge is 2.53. The Bertz CT molecular complexity index is 1560. The summed E-state index contributed by atoms with van der Waals surface area (Å²) >= 11 is 0. The van der Waals surface area contributed by atoms with E-state index in [1.807, 2.05) is 53.4 Å². The van der Waals surface area contributed by atoms with Crippen LogP contribution in [0.5, 0.6) is 11.5 Å². The minimum Gasteiger partial charge on any atom is -0.451 e. The van der Waals surface area contributed by atoms with E-state index < -0.39 is 17.5 Å². The predicted molar refractivity (Wildman–Crippen MR) is 183 cm³/mol. The normalized spacial score (nSPS) is 25.1. The van der Waals surface area contributed by atoms with E-state index in [0.717, 1.165) is 38.5 Å². The van der Waals surface area contributed by atoms with E-state index in [2.05, 4.69) is 14.9 Å². The molecule has 5 heterocycles. The maximum atomic E-state index is 14.5. The molecule has 7 rings (SSSR count). The van der Waals surface area contributed by atoms with Crippen molar-refractivity contribution in [2.45, 2.75) is 117 Å². The van der Waals surface area contributed by atoms with Gasteiger partial charge in [0.05, 0.1) is 11.8 Å². The highest BCUT2D eigenvalue weighted by atomic mass is 19.1. The van der Waals surface area contributed by atoms with Crippen LogP contribution in [0.4, 0.5) is 15.0 Å². The number of carbonyl (C=O) groups is 3. The molecular weight excluding hydrogens is 627 g/mol. The number of fused-ring (bicyclic) bond motifs is 3. The molecular formula is C37H51FN6O5. The molecule has 3 amide bonds. The van der Waals surface area contributed by atoms with Gasteiger partial charge in [0.2, 0.25) is 5.91 Å². The van der Waals surface area contributed by atoms with Crippen molar-refractivity contribution in [3.63, 3.8) is 0 Å². The lowest BCUT2D eigenvalue weighted by molar-refractivity contribution is -0.145. The molecule has 1 aromatic heterocycles. The van der Waals surface area contributed by atoms with E-state index in [0.29, 0.717) is 37.7 Å². The predicted octanol–water partition coefficient (Wildman–Crippen LogP) is 6.27. The van der Waals surface area contributed by atoms with E-state index in [-0.39, 0.29) is 58.7 Å². The summed E-state index contributed by atoms with van der Waals surface area (Å²) in [6.45, 7) is 15.9. The van der Waals surface area contributed by atoms with Gasteiger partial charge in [0.15, 0.2) is 11.6 Å². The summed E-state index contributed by atoms with van der Waals surface area (Å²) in [6.07, 6.45) is 8.11. The molecule has 5 fully saturated rings. The minimum absolute atomic E-state index is 0.0342. The monoisotopic (exact) mass is 678 g/mol. The summed E-state index contributed by atoms with van der Waals surface area (Å²) in [7, 11) is 0. The number of amides is 3. The fraction of sp³-hybridized carbons (Fsp3) is 0.649. The number of aromatic nitrogens is 2. The second-order valence-electron chi connectivity index (χ2n) is 15.9. The third-order valence-electron chi connectivity index (χ3n) is 10.6. The standard InChI is InChI=1S/C37H51FN6O5/c1-23(2)43(24(3)4)33(45)28-18-26(38)10-13-29(28)48-30-19-39-22-40-32(30)41-16-14-37(20-41)15-17-42(21-37)34(46)31-25-8-11-27(12-9-25)44(31)35(47)49-36(5,6)7/h10,13,18-19,22-25,27,31H,8-9,11-12,14-17,20-21H2,1-7H3/t25?,27?,31-,37?/m0/s1. The van der Waals surface area contributed by atoms with Gasteiger partial charge in [-0.15, -0.1) is 0 Å². The molecule has 12 heteroatoms. The van der Waals surface area contributed by atoms with Crippen LogP contribution in [0.15, 0.2) is 30.7 Å². The van der Waals surface area contributed by atoms with Gasteiger partial charge < -0.3 is 24.2 Å². The lowest BCUT2D eigenvalue weighted by atomic mass is 9.74. The van der Waals surface area contributed by atoms with Crippen molar-refractivity contribution in [3.8, 4) is 11.5 Å². The topological polar surface area (TPSA) is 108 Å². The Kier molecular flexibility index (Phi) is 9.54. The first kappa shape index (κ1) is 34.9. The molecule has 4 aliphatic heterocycles. The summed E-state index contributed by atoms with van der Waals surface area (Å²) in [5.41, 5.74) is -0.627. The van der Waals surface area contributed by atoms with Crippen molar-refractivity contribution in [2.24, 2.45) is 11.3 Å². The first-order valence-corrected chi connectivity index (χ1v) is 17.8. The molecule has 11 nitrogen and oxygen atoms in total. The largest absolute Gasteiger partial charge is 0.451 e. The lowest BCUT2D eigenvalue weighted by Crippen LogP contribution is -2.63. The Morgan fingerprint density at radius 2 is 1.67 bits per heavy atom. The van der Waals surface area contributed by atoms with Gasteiger partial charge in [0.1, 0.15) is 29.5 Å². The second kappa shape index (κ2) is 13.4. The van der Waals surface area contributed by atoms with Gasteiger partial charge in [-0.05, 0) is 111 Å². The van der Waals surface area contributed by atoms with E-state index in [4.69, 9.17) is 9.47 Å². The zero-order valence-electron chi connectivity index (χ0n) is 29.9. The third kappa shape index (κ3) is 7.05. The molecule has 1 spiro atoms. The Balaban J connectivity index is 1.18. The maximum absolute atomic E-state index is 14.5. The molecule has 266 valence electrons. The zero-order valence-corrected chi connectivity index (χ0v) is 29.9. The highest BCUT2D eigenvalue weighted by Crippen LogP contribution is 2.46. The SMILES string of the molecule is CC(C)N(C(=O)c1cc(F)ccc1Oc1cncnc1N1CCC2(CCN(C(=O)[C@@H]3C4CCC(CC4)N3C(=O)OC(C)(C)C)C2)C1)C(C)C. The minimum atomic E-state index is -0.633. The van der Waals surface area contributed by atoms with Crippen molar-refractivity contribution >= 4 is 23.7 Å². The van der Waals surface area contributed by atoms with Crippen LogP contribution in [0, 0.1) is 17.2 Å². The molecule has 5 aliphatic rings. The molecule has 0 radical (unpaired) electrons. The fourth-order valence-electron chi connectivity index (χ4n) is 8.51. The van der Waals surface area contributed by atoms with Gasteiger partial charge in [0, 0.05) is 49.7 Å². The number of carbonyl (C=O) groups excluding carboxylic acids is 3. The van der Waals surface area contributed by atoms with Crippen LogP contribution in [-0.2, 0) is 9.53 Å². The second-order valence-corrected chi connectivity index (χ2v) is 15.9. The van der Waals surface area contributed by atoms with Gasteiger partial charge in [0.25, 0.3) is 5.91 Å². The Labute approximate surface area is 289 Å². The summed E-state index contributed by atoms with van der Waals surface area (Å²) in [5.74, 6) is 0.542. The van der Waals surface area contributed by atoms with Crippen LogP contribution < -0.4 is 9.64 Å². The number of hydrogen-bond acceptors (Lipinski definition) is 8. The summed E-state index contributed by atoms with van der Waals surface area (Å²) in [4.78, 5) is 57.6. The number of piperidine rings is 2. The van der Waals surface area contributed by atoms with Crippen LogP contribution in [-0.4, -0.2) is 98.5 Å². The number of rotatable bonds is 7. The average molecular weight is 679 g/mol. The highest BCUT2D eigenvalue weighted by molar-refractivity contribution is 5.97. The van der Waals surface area contributed by atoms with Gasteiger partial charge in [-0.1, -0.05) is 0 Å². The van der Waals surface area contributed by atoms with Crippen molar-refractivity contribution < 1.29 is 28.2 Å². The fourth-order valence-corrected chi connectivity index (χ4v) is 8.51. The molecule has 49 heavy (non-hydrogen) atoms. The van der Waals surface area contributed by atoms with Crippen LogP contribution in [0.1, 0.15) is 97.3 Å². The number of likely N-dealkylation sites (tertiary alicyclic amines) is 1. The van der Waals surface area contributed by atoms with Gasteiger partial charge >= 0.3 is 6.09 Å². The number of hydrogen-bond donors (Lipinski definition) is 0. The molecule has 1 aliphatic carbocycles. The Hall–Kier alpha value is -3.96. The van der Waals surface area contributed by atoms with Crippen molar-refractivity contribution in [3.05, 3.63) is 42.1 Å².